The molecule has 0 bridgehead atoms. The molecule has 0 amide bonds. The van der Waals surface area contributed by atoms with Crippen molar-refractivity contribution in [3.05, 3.63) is 88.5 Å². The van der Waals surface area contributed by atoms with Gasteiger partial charge in [0.05, 0.1) is 16.2 Å². The largest absolute Gasteiger partial charge is 0.478 e. The first kappa shape index (κ1) is 17.0. The molecule has 1 aliphatic rings. The van der Waals surface area contributed by atoms with E-state index < -0.39 is 5.97 Å². The van der Waals surface area contributed by atoms with Gasteiger partial charge in [0, 0.05) is 25.9 Å². The summed E-state index contributed by atoms with van der Waals surface area (Å²) in [5, 5.41) is 10.4. The van der Waals surface area contributed by atoms with Gasteiger partial charge in [0.25, 0.3) is 0 Å². The van der Waals surface area contributed by atoms with Crippen molar-refractivity contribution in [1.29, 1.82) is 0 Å². The van der Waals surface area contributed by atoms with Gasteiger partial charge in [-0.1, -0.05) is 72.4 Å². The molecule has 2 aromatic rings. The number of hydrogen-bond donors (Lipinski definition) is 1. The number of thioether (sulfide) groups is 1. The molecule has 0 saturated heterocycles. The normalized spacial score (nSPS) is 15.9. The molecule has 25 heavy (non-hydrogen) atoms. The second-order valence-corrected chi connectivity index (χ2v) is 6.69. The molecular weight excluding hydrogens is 332 g/mol. The molecule has 0 atom stereocenters. The molecule has 5 heteroatoms. The van der Waals surface area contributed by atoms with E-state index in [4.69, 9.17) is 0 Å². The number of hydrogen-bond acceptors (Lipinski definition) is 4. The number of aliphatic carboxylic acids is 1. The highest BCUT2D eigenvalue weighted by atomic mass is 32.2. The number of carbonyl (C=O) groups is 1. The maximum Gasteiger partial charge on any atom is 0.338 e. The highest BCUT2D eigenvalue weighted by Gasteiger charge is 2.26. The van der Waals surface area contributed by atoms with E-state index >= 15 is 0 Å². The van der Waals surface area contributed by atoms with Crippen LogP contribution in [0.5, 0.6) is 0 Å². The zero-order valence-corrected chi connectivity index (χ0v) is 14.8. The maximum atomic E-state index is 11.8. The van der Waals surface area contributed by atoms with Gasteiger partial charge in [-0.15, -0.1) is 0 Å². The zero-order chi connectivity index (χ0) is 17.8. The Morgan fingerprint density at radius 1 is 1.00 bits per heavy atom. The van der Waals surface area contributed by atoms with Crippen LogP contribution in [-0.4, -0.2) is 35.1 Å². The number of carboxylic acids is 1. The van der Waals surface area contributed by atoms with Crippen LogP contribution >= 0.6 is 11.8 Å². The van der Waals surface area contributed by atoms with Crippen LogP contribution < -0.4 is 0 Å². The van der Waals surface area contributed by atoms with Gasteiger partial charge in [-0.05, 0) is 5.56 Å². The Labute approximate surface area is 151 Å². The lowest BCUT2D eigenvalue weighted by Gasteiger charge is -2.24. The van der Waals surface area contributed by atoms with Crippen LogP contribution in [0.3, 0.4) is 0 Å². The van der Waals surface area contributed by atoms with Crippen molar-refractivity contribution in [2.75, 3.05) is 14.1 Å². The van der Waals surface area contributed by atoms with E-state index in [9.17, 15) is 9.90 Å². The number of benzene rings is 2. The van der Waals surface area contributed by atoms with Gasteiger partial charge < -0.3 is 10.0 Å². The predicted octanol–water partition coefficient (Wildman–Crippen LogP) is 4.08. The van der Waals surface area contributed by atoms with Gasteiger partial charge in [0.15, 0.2) is 0 Å². The molecule has 0 radical (unpaired) electrons. The summed E-state index contributed by atoms with van der Waals surface area (Å²) in [5.74, 6) is -0.978. The van der Waals surface area contributed by atoms with Crippen LogP contribution in [0, 0.1) is 0 Å². The number of aliphatic imine (C=N–C) groups is 1. The van der Waals surface area contributed by atoms with Crippen molar-refractivity contribution in [2.24, 2.45) is 4.99 Å². The number of rotatable bonds is 4. The third-order valence-corrected chi connectivity index (χ3v) is 4.87. The first-order valence-electron chi connectivity index (χ1n) is 7.80. The summed E-state index contributed by atoms with van der Waals surface area (Å²) in [6.07, 6.45) is 1.45. The summed E-state index contributed by atoms with van der Waals surface area (Å²) >= 11 is 1.39. The fraction of sp³-hybridized carbons (Fsp3) is 0.100. The molecule has 126 valence electrons. The Kier molecular flexibility index (Phi) is 5.05. The average molecular weight is 350 g/mol. The fourth-order valence-electron chi connectivity index (χ4n) is 2.59. The molecule has 0 spiro atoms. The fourth-order valence-corrected chi connectivity index (χ4v) is 3.79. The van der Waals surface area contributed by atoms with Gasteiger partial charge >= 0.3 is 5.97 Å². The Morgan fingerprint density at radius 3 is 2.16 bits per heavy atom. The van der Waals surface area contributed by atoms with Gasteiger partial charge in [-0.3, -0.25) is 0 Å². The smallest absolute Gasteiger partial charge is 0.338 e. The molecule has 0 aromatic heterocycles. The van der Waals surface area contributed by atoms with Crippen LogP contribution in [-0.2, 0) is 4.79 Å². The summed E-state index contributed by atoms with van der Waals surface area (Å²) in [5.41, 5.74) is 3.01. The summed E-state index contributed by atoms with van der Waals surface area (Å²) in [6.45, 7) is 0. The minimum absolute atomic E-state index is 0.206. The van der Waals surface area contributed by atoms with E-state index in [0.29, 0.717) is 4.91 Å². The molecule has 0 fully saturated rings. The van der Waals surface area contributed by atoms with Crippen LogP contribution in [0.2, 0.25) is 0 Å². The molecular formula is C20H18N2O2S. The van der Waals surface area contributed by atoms with Crippen LogP contribution in [0.4, 0.5) is 0 Å². The molecule has 1 N–H and O–H groups in total. The summed E-state index contributed by atoms with van der Waals surface area (Å²) in [7, 11) is 3.84. The van der Waals surface area contributed by atoms with Gasteiger partial charge in [-0.25, -0.2) is 9.79 Å². The minimum Gasteiger partial charge on any atom is -0.478 e. The third-order valence-electron chi connectivity index (χ3n) is 3.71. The lowest BCUT2D eigenvalue weighted by atomic mass is 10.1. The van der Waals surface area contributed by atoms with Crippen LogP contribution in [0.25, 0.3) is 5.70 Å². The first-order valence-corrected chi connectivity index (χ1v) is 8.61. The standard InChI is InChI=1S/C20H18N2O2S/c1-22(2)17(14-9-5-3-6-10-14)18-16(20(23)24)13-21-19(25-18)15-11-7-4-8-12-15/h3-13H,1-2H3,(H,23,24). The molecule has 1 heterocycles. The van der Waals surface area contributed by atoms with Crippen molar-refractivity contribution in [1.82, 2.24) is 4.90 Å². The minimum atomic E-state index is -0.978. The van der Waals surface area contributed by atoms with Crippen LogP contribution in [0.1, 0.15) is 11.1 Å². The van der Waals surface area contributed by atoms with Gasteiger partial charge in [0.1, 0.15) is 5.04 Å². The third kappa shape index (κ3) is 3.67. The van der Waals surface area contributed by atoms with Crippen molar-refractivity contribution >= 4 is 28.5 Å². The second-order valence-electron chi connectivity index (χ2n) is 5.69. The number of nitrogens with zero attached hydrogens (tertiary/aromatic N) is 2. The Balaban J connectivity index is 2.17. The summed E-state index contributed by atoms with van der Waals surface area (Å²) in [4.78, 5) is 18.8. The maximum absolute atomic E-state index is 11.8. The number of carboxylic acid groups (broad SMARTS) is 1. The molecule has 2 aromatic carbocycles. The highest BCUT2D eigenvalue weighted by Crippen LogP contribution is 2.38. The molecule has 0 unspecified atom stereocenters. The van der Waals surface area contributed by atoms with Crippen molar-refractivity contribution < 1.29 is 9.90 Å². The predicted molar refractivity (Wildman–Crippen MR) is 103 cm³/mol. The Hall–Kier alpha value is -2.79. The average Bonchev–Trinajstić information content (AvgIpc) is 2.63. The second kappa shape index (κ2) is 7.40. The zero-order valence-electron chi connectivity index (χ0n) is 14.0. The Morgan fingerprint density at radius 2 is 1.60 bits per heavy atom. The van der Waals surface area contributed by atoms with Crippen molar-refractivity contribution in [3.63, 3.8) is 0 Å². The molecule has 3 rings (SSSR count). The van der Waals surface area contributed by atoms with E-state index in [2.05, 4.69) is 4.99 Å². The molecule has 4 nitrogen and oxygen atoms in total. The summed E-state index contributed by atoms with van der Waals surface area (Å²) in [6, 6.07) is 19.6. The van der Waals surface area contributed by atoms with Gasteiger partial charge in [0.2, 0.25) is 0 Å². The van der Waals surface area contributed by atoms with E-state index in [1.807, 2.05) is 79.7 Å². The topological polar surface area (TPSA) is 52.9 Å². The van der Waals surface area contributed by atoms with E-state index in [-0.39, 0.29) is 5.57 Å². The SMILES string of the molecule is CN(C)C(=C1SC(c2ccccc2)=NC=C1C(=O)O)c1ccccc1. The molecule has 0 saturated carbocycles. The highest BCUT2D eigenvalue weighted by molar-refractivity contribution is 8.18. The summed E-state index contributed by atoms with van der Waals surface area (Å²) < 4.78 is 0. The lowest BCUT2D eigenvalue weighted by Crippen LogP contribution is -2.17. The Bertz CT molecular complexity index is 869. The van der Waals surface area contributed by atoms with E-state index in [1.165, 1.54) is 18.0 Å². The molecule has 1 aliphatic heterocycles. The first-order chi connectivity index (χ1) is 12.1. The van der Waals surface area contributed by atoms with Crippen molar-refractivity contribution in [2.45, 2.75) is 0 Å². The molecule has 0 aliphatic carbocycles. The van der Waals surface area contributed by atoms with Crippen LogP contribution in [0.15, 0.2) is 82.3 Å². The lowest BCUT2D eigenvalue weighted by molar-refractivity contribution is -0.132. The van der Waals surface area contributed by atoms with E-state index in [1.54, 1.807) is 0 Å². The monoisotopic (exact) mass is 350 g/mol. The van der Waals surface area contributed by atoms with Gasteiger partial charge in [-0.2, -0.15) is 0 Å². The van der Waals surface area contributed by atoms with E-state index in [0.717, 1.165) is 21.9 Å². The quantitative estimate of drug-likeness (QED) is 0.903. The van der Waals surface area contributed by atoms with Crippen molar-refractivity contribution in [3.8, 4) is 0 Å².